The van der Waals surface area contributed by atoms with Crippen LogP contribution in [0.25, 0.3) is 0 Å². The number of carbonyl (C=O) groups is 2. The minimum atomic E-state index is -4.15. The third kappa shape index (κ3) is 5.03. The van der Waals surface area contributed by atoms with E-state index in [9.17, 15) is 28.1 Å². The monoisotopic (exact) mass is 427 g/mol. The summed E-state index contributed by atoms with van der Waals surface area (Å²) in [6.45, 7) is 0.760. The number of nitro benzene ring substituents is 1. The zero-order valence-corrected chi connectivity index (χ0v) is 15.9. The van der Waals surface area contributed by atoms with Crippen LogP contribution in [0.1, 0.15) is 15.9 Å². The smallest absolute Gasteiger partial charge is 0.338 e. The molecular weight excluding hydrogens is 414 g/mol. The van der Waals surface area contributed by atoms with Crippen molar-refractivity contribution in [2.24, 2.45) is 5.14 Å². The largest absolute Gasteiger partial charge is 0.452 e. The molecule has 0 saturated heterocycles. The Balaban J connectivity index is 2.07. The molecule has 3 N–H and O–H groups in total. The van der Waals surface area contributed by atoms with E-state index in [-0.39, 0.29) is 27.5 Å². The van der Waals surface area contributed by atoms with E-state index in [2.05, 4.69) is 5.32 Å². The molecule has 0 radical (unpaired) electrons. The van der Waals surface area contributed by atoms with E-state index in [0.717, 1.165) is 12.1 Å². The van der Waals surface area contributed by atoms with Crippen molar-refractivity contribution in [2.45, 2.75) is 11.8 Å². The standard InChI is InChI=1S/C16H14ClN3O7S/c1-9-12(3-2-4-13(9)20(23)24)19-15(21)8-27-16(22)10-5-6-11(17)14(7-10)28(18,25)26/h2-7H,8H2,1H3,(H,19,21)(H2,18,25,26). The fourth-order valence-electron chi connectivity index (χ4n) is 2.21. The number of amides is 1. The highest BCUT2D eigenvalue weighted by Gasteiger charge is 2.19. The first kappa shape index (κ1) is 21.3. The number of primary sulfonamides is 1. The Labute approximate surface area is 164 Å². The van der Waals surface area contributed by atoms with Crippen molar-refractivity contribution in [2.75, 3.05) is 11.9 Å². The van der Waals surface area contributed by atoms with Gasteiger partial charge in [-0.3, -0.25) is 14.9 Å². The van der Waals surface area contributed by atoms with E-state index in [1.807, 2.05) is 0 Å². The lowest BCUT2D eigenvalue weighted by atomic mass is 10.1. The second kappa shape index (κ2) is 8.33. The number of hydrogen-bond donors (Lipinski definition) is 2. The fourth-order valence-corrected chi connectivity index (χ4v) is 3.28. The van der Waals surface area contributed by atoms with Crippen LogP contribution in [0.15, 0.2) is 41.3 Å². The number of esters is 1. The van der Waals surface area contributed by atoms with Crippen LogP contribution in [-0.2, 0) is 19.6 Å². The zero-order valence-electron chi connectivity index (χ0n) is 14.3. The topological polar surface area (TPSA) is 159 Å². The number of halogens is 1. The predicted molar refractivity (Wildman–Crippen MR) is 99.6 cm³/mol. The lowest BCUT2D eigenvalue weighted by Crippen LogP contribution is -2.22. The van der Waals surface area contributed by atoms with Gasteiger partial charge >= 0.3 is 5.97 Å². The summed E-state index contributed by atoms with van der Waals surface area (Å²) in [6.07, 6.45) is 0. The molecule has 0 heterocycles. The number of carbonyl (C=O) groups excluding carboxylic acids is 2. The summed E-state index contributed by atoms with van der Waals surface area (Å²) in [6, 6.07) is 7.44. The third-order valence-electron chi connectivity index (χ3n) is 3.58. The van der Waals surface area contributed by atoms with Crippen LogP contribution >= 0.6 is 11.6 Å². The Kier molecular flexibility index (Phi) is 6.33. The van der Waals surface area contributed by atoms with Crippen LogP contribution in [0.5, 0.6) is 0 Å². The number of nitrogens with two attached hydrogens (primary N) is 1. The van der Waals surface area contributed by atoms with Gasteiger partial charge in [0.1, 0.15) is 4.90 Å². The summed E-state index contributed by atoms with van der Waals surface area (Å²) in [5, 5.41) is 18.2. The van der Waals surface area contributed by atoms with E-state index in [1.54, 1.807) is 0 Å². The van der Waals surface area contributed by atoms with Gasteiger partial charge in [0.15, 0.2) is 6.61 Å². The Morgan fingerprint density at radius 2 is 1.96 bits per heavy atom. The van der Waals surface area contributed by atoms with Crippen LogP contribution in [0.3, 0.4) is 0 Å². The van der Waals surface area contributed by atoms with E-state index in [0.29, 0.717) is 0 Å². The van der Waals surface area contributed by atoms with Crippen molar-refractivity contribution in [3.8, 4) is 0 Å². The minimum absolute atomic E-state index is 0.169. The zero-order chi connectivity index (χ0) is 21.1. The Hall–Kier alpha value is -3.02. The molecule has 10 nitrogen and oxygen atoms in total. The summed E-state index contributed by atoms with van der Waals surface area (Å²) in [7, 11) is -4.15. The molecule has 0 saturated carbocycles. The number of benzene rings is 2. The Morgan fingerprint density at radius 3 is 2.57 bits per heavy atom. The Bertz CT molecular complexity index is 1070. The van der Waals surface area contributed by atoms with Crippen molar-refractivity contribution in [1.29, 1.82) is 0 Å². The molecule has 2 aromatic rings. The molecule has 0 spiro atoms. The number of hydrogen-bond acceptors (Lipinski definition) is 7. The number of ether oxygens (including phenoxy) is 1. The fraction of sp³-hybridized carbons (Fsp3) is 0.125. The highest BCUT2D eigenvalue weighted by atomic mass is 35.5. The average Bonchev–Trinajstić information content (AvgIpc) is 2.60. The van der Waals surface area contributed by atoms with E-state index >= 15 is 0 Å². The Morgan fingerprint density at radius 1 is 1.29 bits per heavy atom. The molecule has 0 aliphatic carbocycles. The van der Waals surface area contributed by atoms with Crippen LogP contribution in [0.2, 0.25) is 5.02 Å². The lowest BCUT2D eigenvalue weighted by Gasteiger charge is -2.10. The lowest BCUT2D eigenvalue weighted by molar-refractivity contribution is -0.385. The molecule has 0 aliphatic rings. The summed E-state index contributed by atoms with van der Waals surface area (Å²) in [5.74, 6) is -1.72. The highest BCUT2D eigenvalue weighted by Crippen LogP contribution is 2.25. The van der Waals surface area contributed by atoms with E-state index in [4.69, 9.17) is 21.5 Å². The second-order valence-electron chi connectivity index (χ2n) is 5.52. The molecule has 148 valence electrons. The van der Waals surface area contributed by atoms with Crippen molar-refractivity contribution in [3.05, 3.63) is 62.7 Å². The molecule has 0 aromatic heterocycles. The summed E-state index contributed by atoms with van der Waals surface area (Å²) in [4.78, 5) is 33.9. The second-order valence-corrected chi connectivity index (χ2v) is 7.46. The summed E-state index contributed by atoms with van der Waals surface area (Å²) >= 11 is 5.73. The quantitative estimate of drug-likeness (QED) is 0.405. The van der Waals surface area contributed by atoms with Gasteiger partial charge in [-0.25, -0.2) is 18.4 Å². The highest BCUT2D eigenvalue weighted by molar-refractivity contribution is 7.89. The van der Waals surface area contributed by atoms with Gasteiger partial charge in [0.05, 0.1) is 26.8 Å². The predicted octanol–water partition coefficient (Wildman–Crippen LogP) is 2.00. The van der Waals surface area contributed by atoms with Gasteiger partial charge < -0.3 is 10.1 Å². The number of sulfonamides is 1. The van der Waals surface area contributed by atoms with Crippen molar-refractivity contribution in [1.82, 2.24) is 0 Å². The maximum atomic E-state index is 12.0. The third-order valence-corrected chi connectivity index (χ3v) is 4.98. The van der Waals surface area contributed by atoms with Gasteiger partial charge in [0, 0.05) is 6.07 Å². The number of rotatable bonds is 6. The molecular formula is C16H14ClN3O7S. The summed E-state index contributed by atoms with van der Waals surface area (Å²) in [5.41, 5.74) is 0.0835. The van der Waals surface area contributed by atoms with Gasteiger partial charge in [-0.05, 0) is 31.2 Å². The van der Waals surface area contributed by atoms with E-state index < -0.39 is 38.3 Å². The summed E-state index contributed by atoms with van der Waals surface area (Å²) < 4.78 is 27.7. The van der Waals surface area contributed by atoms with Gasteiger partial charge in [0.25, 0.3) is 11.6 Å². The van der Waals surface area contributed by atoms with Gasteiger partial charge in [0.2, 0.25) is 10.0 Å². The SMILES string of the molecule is Cc1c(NC(=O)COC(=O)c2ccc(Cl)c(S(N)(=O)=O)c2)cccc1[N+](=O)[O-]. The average molecular weight is 428 g/mol. The molecule has 2 aromatic carbocycles. The number of nitrogens with one attached hydrogen (secondary N) is 1. The minimum Gasteiger partial charge on any atom is -0.452 e. The van der Waals surface area contributed by atoms with Gasteiger partial charge in [-0.15, -0.1) is 0 Å². The maximum Gasteiger partial charge on any atom is 0.338 e. The molecule has 2 rings (SSSR count). The molecule has 0 aliphatic heterocycles. The first-order chi connectivity index (χ1) is 13.0. The van der Waals surface area contributed by atoms with Crippen LogP contribution in [0, 0.1) is 17.0 Å². The number of nitro groups is 1. The molecule has 0 unspecified atom stereocenters. The van der Waals surface area contributed by atoms with Crippen LogP contribution in [-0.4, -0.2) is 31.8 Å². The molecule has 0 atom stereocenters. The van der Waals surface area contributed by atoms with Crippen LogP contribution in [0.4, 0.5) is 11.4 Å². The normalized spacial score (nSPS) is 11.0. The van der Waals surface area contributed by atoms with Crippen LogP contribution < -0.4 is 10.5 Å². The van der Waals surface area contributed by atoms with Crippen molar-refractivity contribution >= 4 is 44.9 Å². The number of nitrogens with zero attached hydrogens (tertiary/aromatic N) is 1. The van der Waals surface area contributed by atoms with Gasteiger partial charge in [-0.2, -0.15) is 0 Å². The molecule has 28 heavy (non-hydrogen) atoms. The number of anilines is 1. The van der Waals surface area contributed by atoms with Crippen molar-refractivity contribution in [3.63, 3.8) is 0 Å². The molecule has 0 fully saturated rings. The first-order valence-corrected chi connectivity index (χ1v) is 9.46. The molecule has 1 amide bonds. The maximum absolute atomic E-state index is 12.0. The first-order valence-electron chi connectivity index (χ1n) is 7.54. The van der Waals surface area contributed by atoms with Gasteiger partial charge in [-0.1, -0.05) is 17.7 Å². The van der Waals surface area contributed by atoms with E-state index in [1.165, 1.54) is 31.2 Å². The van der Waals surface area contributed by atoms with Crippen molar-refractivity contribution < 1.29 is 27.7 Å². The molecule has 0 bridgehead atoms. The molecule has 12 heteroatoms.